The third-order valence-corrected chi connectivity index (χ3v) is 5.12. The number of likely N-dealkylation sites (tertiary alicyclic amines) is 1. The summed E-state index contributed by atoms with van der Waals surface area (Å²) in [5, 5.41) is 0. The average molecular weight is 337 g/mol. The molecule has 2 aromatic carbocycles. The zero-order valence-corrected chi connectivity index (χ0v) is 14.0. The van der Waals surface area contributed by atoms with Crippen LogP contribution in [0.25, 0.3) is 5.57 Å². The zero-order chi connectivity index (χ0) is 17.3. The van der Waals surface area contributed by atoms with Gasteiger partial charge in [0.05, 0.1) is 0 Å². The summed E-state index contributed by atoms with van der Waals surface area (Å²) in [6, 6.07) is 16.7. The van der Waals surface area contributed by atoms with Gasteiger partial charge in [-0.3, -0.25) is 4.90 Å². The number of nitrogens with zero attached hydrogens (tertiary/aromatic N) is 1. The second-order valence-electron chi connectivity index (χ2n) is 6.74. The predicted octanol–water partition coefficient (Wildman–Crippen LogP) is 3.80. The predicted molar refractivity (Wildman–Crippen MR) is 94.2 cm³/mol. The number of benzene rings is 2. The van der Waals surface area contributed by atoms with Gasteiger partial charge in [0.2, 0.25) is 0 Å². The van der Waals surface area contributed by atoms with E-state index >= 15 is 0 Å². The number of hydrogen-bond donors (Lipinski definition) is 0. The van der Waals surface area contributed by atoms with Gasteiger partial charge in [-0.25, -0.2) is 9.18 Å². The SMILES string of the molecule is O=C1C=C(c2ccc(F)cc2)C2(CCN(Cc3ccccc3)CC2)O1. The summed E-state index contributed by atoms with van der Waals surface area (Å²) in [4.78, 5) is 14.3. The Labute approximate surface area is 146 Å². The monoisotopic (exact) mass is 337 g/mol. The summed E-state index contributed by atoms with van der Waals surface area (Å²) < 4.78 is 19.0. The van der Waals surface area contributed by atoms with Gasteiger partial charge in [-0.1, -0.05) is 42.5 Å². The van der Waals surface area contributed by atoms with E-state index in [0.29, 0.717) is 0 Å². The highest BCUT2D eigenvalue weighted by atomic mass is 19.1. The van der Waals surface area contributed by atoms with Gasteiger partial charge < -0.3 is 4.74 Å². The summed E-state index contributed by atoms with van der Waals surface area (Å²) in [5.74, 6) is -0.572. The second-order valence-corrected chi connectivity index (χ2v) is 6.74. The molecule has 1 fully saturated rings. The van der Waals surface area contributed by atoms with Crippen LogP contribution in [-0.2, 0) is 16.1 Å². The van der Waals surface area contributed by atoms with Crippen molar-refractivity contribution in [3.63, 3.8) is 0 Å². The van der Waals surface area contributed by atoms with Crippen molar-refractivity contribution in [3.05, 3.63) is 77.6 Å². The average Bonchev–Trinajstić information content (AvgIpc) is 2.95. The highest BCUT2D eigenvalue weighted by molar-refractivity contribution is 5.98. The van der Waals surface area contributed by atoms with Gasteiger partial charge in [-0.05, 0) is 23.3 Å². The minimum absolute atomic E-state index is 0.277. The largest absolute Gasteiger partial charge is 0.451 e. The zero-order valence-electron chi connectivity index (χ0n) is 14.0. The normalized spacial score (nSPS) is 19.7. The number of ether oxygens (including phenoxy) is 1. The molecule has 2 heterocycles. The molecule has 2 aliphatic rings. The Morgan fingerprint density at radius 3 is 2.36 bits per heavy atom. The van der Waals surface area contributed by atoms with Crippen LogP contribution < -0.4 is 0 Å². The molecule has 0 aliphatic carbocycles. The Kier molecular flexibility index (Phi) is 4.14. The lowest BCUT2D eigenvalue weighted by Gasteiger charge is -2.40. The van der Waals surface area contributed by atoms with Crippen molar-refractivity contribution in [2.24, 2.45) is 0 Å². The number of rotatable bonds is 3. The fourth-order valence-electron chi connectivity index (χ4n) is 3.79. The fraction of sp³-hybridized carbons (Fsp3) is 0.286. The highest BCUT2D eigenvalue weighted by Crippen LogP contribution is 2.43. The number of carbonyl (C=O) groups is 1. The Hall–Kier alpha value is -2.46. The van der Waals surface area contributed by atoms with Crippen molar-refractivity contribution in [3.8, 4) is 0 Å². The van der Waals surface area contributed by atoms with Crippen LogP contribution in [0.2, 0.25) is 0 Å². The summed E-state index contributed by atoms with van der Waals surface area (Å²) in [6.07, 6.45) is 3.09. The third-order valence-electron chi connectivity index (χ3n) is 5.12. The van der Waals surface area contributed by atoms with E-state index in [1.54, 1.807) is 18.2 Å². The van der Waals surface area contributed by atoms with Crippen molar-refractivity contribution < 1.29 is 13.9 Å². The molecule has 25 heavy (non-hydrogen) atoms. The number of esters is 1. The Morgan fingerprint density at radius 1 is 1.00 bits per heavy atom. The highest BCUT2D eigenvalue weighted by Gasteiger charge is 2.45. The lowest BCUT2D eigenvalue weighted by Crippen LogP contribution is -2.45. The second kappa shape index (κ2) is 6.45. The van der Waals surface area contributed by atoms with Crippen LogP contribution >= 0.6 is 0 Å². The first-order valence-electron chi connectivity index (χ1n) is 8.62. The van der Waals surface area contributed by atoms with Crippen LogP contribution in [0.15, 0.2) is 60.7 Å². The van der Waals surface area contributed by atoms with E-state index in [-0.39, 0.29) is 11.8 Å². The van der Waals surface area contributed by atoms with E-state index in [4.69, 9.17) is 4.74 Å². The van der Waals surface area contributed by atoms with Crippen LogP contribution in [0, 0.1) is 5.82 Å². The lowest BCUT2D eigenvalue weighted by molar-refractivity contribution is -0.148. The van der Waals surface area contributed by atoms with Crippen molar-refractivity contribution in [2.75, 3.05) is 13.1 Å². The molecular formula is C21H20FNO2. The van der Waals surface area contributed by atoms with E-state index in [0.717, 1.165) is 43.6 Å². The maximum absolute atomic E-state index is 13.2. The molecule has 3 nitrogen and oxygen atoms in total. The van der Waals surface area contributed by atoms with E-state index in [1.807, 2.05) is 6.07 Å². The van der Waals surface area contributed by atoms with Crippen molar-refractivity contribution in [2.45, 2.75) is 25.0 Å². The smallest absolute Gasteiger partial charge is 0.332 e. The Morgan fingerprint density at radius 2 is 1.68 bits per heavy atom. The quantitative estimate of drug-likeness (QED) is 0.798. The summed E-state index contributed by atoms with van der Waals surface area (Å²) in [6.45, 7) is 2.63. The van der Waals surface area contributed by atoms with Gasteiger partial charge >= 0.3 is 5.97 Å². The minimum atomic E-state index is -0.567. The molecule has 1 spiro atoms. The first-order valence-corrected chi connectivity index (χ1v) is 8.62. The molecule has 1 saturated heterocycles. The van der Waals surface area contributed by atoms with Crippen LogP contribution in [0.5, 0.6) is 0 Å². The van der Waals surface area contributed by atoms with Gasteiger partial charge in [0.25, 0.3) is 0 Å². The van der Waals surface area contributed by atoms with E-state index in [9.17, 15) is 9.18 Å². The lowest BCUT2D eigenvalue weighted by atomic mass is 9.81. The number of hydrogen-bond acceptors (Lipinski definition) is 3. The van der Waals surface area contributed by atoms with Crippen molar-refractivity contribution >= 4 is 11.5 Å². The standard InChI is InChI=1S/C21H20FNO2/c22-18-8-6-17(7-9-18)19-14-20(24)25-21(19)10-12-23(13-11-21)15-16-4-2-1-3-5-16/h1-9,14H,10-13,15H2. The molecule has 0 amide bonds. The van der Waals surface area contributed by atoms with Gasteiger partial charge in [-0.15, -0.1) is 0 Å². The molecule has 2 aliphatic heterocycles. The van der Waals surface area contributed by atoms with E-state index < -0.39 is 5.60 Å². The molecule has 0 N–H and O–H groups in total. The van der Waals surface area contributed by atoms with E-state index in [1.165, 1.54) is 17.7 Å². The molecule has 0 unspecified atom stereocenters. The number of carbonyl (C=O) groups excluding carboxylic acids is 1. The van der Waals surface area contributed by atoms with Crippen LogP contribution in [0.1, 0.15) is 24.0 Å². The maximum atomic E-state index is 13.2. The number of halogens is 1. The Balaban J connectivity index is 1.50. The van der Waals surface area contributed by atoms with Gasteiger partial charge in [0.15, 0.2) is 0 Å². The molecule has 0 atom stereocenters. The molecule has 4 rings (SSSR count). The van der Waals surface area contributed by atoms with Crippen LogP contribution in [0.4, 0.5) is 4.39 Å². The van der Waals surface area contributed by atoms with Crippen LogP contribution in [-0.4, -0.2) is 29.6 Å². The minimum Gasteiger partial charge on any atom is -0.451 e. The molecule has 0 saturated carbocycles. The van der Waals surface area contributed by atoms with Gasteiger partial charge in [0.1, 0.15) is 11.4 Å². The third kappa shape index (κ3) is 3.22. The summed E-state index contributed by atoms with van der Waals surface area (Å²) in [5.41, 5.74) is 2.47. The molecule has 0 aromatic heterocycles. The topological polar surface area (TPSA) is 29.5 Å². The molecule has 0 bridgehead atoms. The molecular weight excluding hydrogens is 317 g/mol. The van der Waals surface area contributed by atoms with Crippen molar-refractivity contribution in [1.29, 1.82) is 0 Å². The van der Waals surface area contributed by atoms with Gasteiger partial charge in [0, 0.05) is 44.1 Å². The fourth-order valence-corrected chi connectivity index (χ4v) is 3.79. The maximum Gasteiger partial charge on any atom is 0.332 e. The summed E-state index contributed by atoms with van der Waals surface area (Å²) in [7, 11) is 0. The molecule has 4 heteroatoms. The van der Waals surface area contributed by atoms with Crippen LogP contribution in [0.3, 0.4) is 0 Å². The van der Waals surface area contributed by atoms with E-state index in [2.05, 4.69) is 29.2 Å². The molecule has 128 valence electrons. The molecule has 2 aromatic rings. The summed E-state index contributed by atoms with van der Waals surface area (Å²) >= 11 is 0. The molecule has 0 radical (unpaired) electrons. The van der Waals surface area contributed by atoms with Crippen molar-refractivity contribution in [1.82, 2.24) is 4.90 Å². The first kappa shape index (κ1) is 16.0. The number of piperidine rings is 1. The van der Waals surface area contributed by atoms with Gasteiger partial charge in [-0.2, -0.15) is 0 Å². The first-order chi connectivity index (χ1) is 12.1. The Bertz CT molecular complexity index is 790.